The number of benzene rings is 2. The van der Waals surface area contributed by atoms with Crippen molar-refractivity contribution in [3.63, 3.8) is 0 Å². The summed E-state index contributed by atoms with van der Waals surface area (Å²) in [5.41, 5.74) is 3.63. The molecule has 1 amide bonds. The summed E-state index contributed by atoms with van der Waals surface area (Å²) in [5.74, 6) is 0.422. The molecule has 154 valence electrons. The summed E-state index contributed by atoms with van der Waals surface area (Å²) >= 11 is 3.38. The second-order valence-corrected chi connectivity index (χ2v) is 7.19. The minimum Gasteiger partial charge on any atom is -0.451 e. The minimum atomic E-state index is -0.531. The van der Waals surface area contributed by atoms with Gasteiger partial charge in [0.05, 0.1) is 11.1 Å². The number of hydrogen-bond donors (Lipinski definition) is 1. The monoisotopic (exact) mass is 480 g/mol. The average Bonchev–Trinajstić information content (AvgIpc) is 3.18. The molecule has 0 bridgehead atoms. The summed E-state index contributed by atoms with van der Waals surface area (Å²) in [5, 5.41) is 15.4. The molecule has 0 aliphatic carbocycles. The van der Waals surface area contributed by atoms with Crippen molar-refractivity contribution in [2.24, 2.45) is 5.10 Å². The van der Waals surface area contributed by atoms with Crippen LogP contribution < -0.4 is 10.2 Å². The number of carbonyl (C=O) groups excluding carboxylic acids is 1. The fourth-order valence-corrected chi connectivity index (χ4v) is 3.01. The highest BCUT2D eigenvalue weighted by molar-refractivity contribution is 9.10. The third-order valence-electron chi connectivity index (χ3n) is 4.12. The molecule has 0 spiro atoms. The Bertz CT molecular complexity index is 1280. The number of carbonyl (C=O) groups is 1. The molecule has 0 saturated carbocycles. The van der Waals surface area contributed by atoms with Crippen molar-refractivity contribution in [3.8, 4) is 11.6 Å². The molecule has 4 aromatic rings. The van der Waals surface area contributed by atoms with E-state index in [1.54, 1.807) is 36.4 Å². The normalized spacial score (nSPS) is 11.0. The van der Waals surface area contributed by atoms with Crippen LogP contribution in [0.15, 0.2) is 80.9 Å². The molecule has 2 aromatic heterocycles. The number of fused-ring (bicyclic) bond motifs is 1. The topological polar surface area (TPSA) is 120 Å². The van der Waals surface area contributed by atoms with Crippen LogP contribution >= 0.6 is 15.9 Å². The maximum absolute atomic E-state index is 12.2. The number of pyridine rings is 1. The van der Waals surface area contributed by atoms with Crippen molar-refractivity contribution in [2.75, 3.05) is 0 Å². The second kappa shape index (κ2) is 8.76. The molecule has 9 nitrogen and oxygen atoms in total. The Hall–Kier alpha value is -4.05. The van der Waals surface area contributed by atoms with Crippen molar-refractivity contribution in [3.05, 3.63) is 92.8 Å². The van der Waals surface area contributed by atoms with Crippen LogP contribution in [-0.2, 0) is 0 Å². The summed E-state index contributed by atoms with van der Waals surface area (Å²) in [6.45, 7) is 0. The van der Waals surface area contributed by atoms with Crippen molar-refractivity contribution in [1.29, 1.82) is 0 Å². The predicted molar refractivity (Wildman–Crippen MR) is 116 cm³/mol. The Morgan fingerprint density at radius 3 is 2.68 bits per heavy atom. The zero-order chi connectivity index (χ0) is 21.8. The van der Waals surface area contributed by atoms with Crippen LogP contribution in [0.1, 0.15) is 16.1 Å². The first-order valence-corrected chi connectivity index (χ1v) is 9.68. The van der Waals surface area contributed by atoms with Crippen molar-refractivity contribution >= 4 is 44.7 Å². The highest BCUT2D eigenvalue weighted by Crippen LogP contribution is 2.23. The van der Waals surface area contributed by atoms with Gasteiger partial charge in [0.15, 0.2) is 5.76 Å². The van der Waals surface area contributed by atoms with E-state index < -0.39 is 10.8 Å². The molecule has 1 N–H and O–H groups in total. The molecule has 2 heterocycles. The van der Waals surface area contributed by atoms with Gasteiger partial charge in [0.2, 0.25) is 5.88 Å². The van der Waals surface area contributed by atoms with Crippen LogP contribution in [-0.4, -0.2) is 22.0 Å². The Balaban J connectivity index is 1.35. The van der Waals surface area contributed by atoms with Gasteiger partial charge in [-0.1, -0.05) is 15.9 Å². The maximum atomic E-state index is 12.2. The Kier molecular flexibility index (Phi) is 5.72. The minimum absolute atomic E-state index is 0.114. The van der Waals surface area contributed by atoms with Gasteiger partial charge in [-0.05, 0) is 54.1 Å². The third-order valence-corrected chi connectivity index (χ3v) is 4.61. The lowest BCUT2D eigenvalue weighted by Gasteiger charge is -2.04. The van der Waals surface area contributed by atoms with Crippen LogP contribution in [0.25, 0.3) is 11.0 Å². The van der Waals surface area contributed by atoms with E-state index in [1.807, 2.05) is 12.1 Å². The fraction of sp³-hybridized carbons (Fsp3) is 0. The van der Waals surface area contributed by atoms with Crippen LogP contribution in [0.4, 0.5) is 5.69 Å². The molecule has 0 aliphatic rings. The molecule has 4 rings (SSSR count). The fourth-order valence-electron chi connectivity index (χ4n) is 2.63. The van der Waals surface area contributed by atoms with Crippen LogP contribution in [0.5, 0.6) is 11.6 Å². The third kappa shape index (κ3) is 4.93. The van der Waals surface area contributed by atoms with E-state index in [0.717, 1.165) is 21.6 Å². The van der Waals surface area contributed by atoms with E-state index in [1.165, 1.54) is 18.3 Å². The van der Waals surface area contributed by atoms with Crippen molar-refractivity contribution in [1.82, 2.24) is 10.4 Å². The van der Waals surface area contributed by atoms with E-state index >= 15 is 0 Å². The van der Waals surface area contributed by atoms with Gasteiger partial charge in [-0.2, -0.15) is 5.10 Å². The largest absolute Gasteiger partial charge is 0.451 e. The predicted octanol–water partition coefficient (Wildman–Crippen LogP) is 5.05. The Morgan fingerprint density at radius 2 is 1.97 bits per heavy atom. The molecule has 0 unspecified atom stereocenters. The summed E-state index contributed by atoms with van der Waals surface area (Å²) in [6.07, 6.45) is 2.60. The van der Waals surface area contributed by atoms with Gasteiger partial charge in [0.1, 0.15) is 17.5 Å². The molecule has 0 fully saturated rings. The number of rotatable bonds is 6. The van der Waals surface area contributed by atoms with Gasteiger partial charge in [-0.25, -0.2) is 10.4 Å². The first-order valence-electron chi connectivity index (χ1n) is 8.89. The average molecular weight is 481 g/mol. The van der Waals surface area contributed by atoms with E-state index in [9.17, 15) is 14.9 Å². The first-order chi connectivity index (χ1) is 15.0. The zero-order valence-corrected chi connectivity index (χ0v) is 17.3. The molecule has 10 heteroatoms. The number of hydrogen-bond acceptors (Lipinski definition) is 7. The molecule has 0 atom stereocenters. The van der Waals surface area contributed by atoms with E-state index in [2.05, 4.69) is 31.4 Å². The van der Waals surface area contributed by atoms with E-state index in [4.69, 9.17) is 9.15 Å². The number of ether oxygens (including phenoxy) is 1. The van der Waals surface area contributed by atoms with E-state index in [0.29, 0.717) is 11.3 Å². The number of furan rings is 1. The van der Waals surface area contributed by atoms with Crippen LogP contribution in [0.3, 0.4) is 0 Å². The van der Waals surface area contributed by atoms with Gasteiger partial charge in [-0.3, -0.25) is 14.9 Å². The van der Waals surface area contributed by atoms with Gasteiger partial charge < -0.3 is 9.15 Å². The number of amides is 1. The first kappa shape index (κ1) is 20.2. The molecular formula is C21H13BrN4O5. The molecular weight excluding hydrogens is 468 g/mol. The number of nitrogens with zero attached hydrogens (tertiary/aromatic N) is 3. The Morgan fingerprint density at radius 1 is 1.16 bits per heavy atom. The highest BCUT2D eigenvalue weighted by atomic mass is 79.9. The van der Waals surface area contributed by atoms with Gasteiger partial charge in [0, 0.05) is 22.0 Å². The number of halogens is 1. The summed E-state index contributed by atoms with van der Waals surface area (Å²) < 4.78 is 11.9. The summed E-state index contributed by atoms with van der Waals surface area (Å²) in [4.78, 5) is 26.2. The van der Waals surface area contributed by atoms with Crippen LogP contribution in [0, 0.1) is 10.1 Å². The lowest BCUT2D eigenvalue weighted by atomic mass is 10.2. The van der Waals surface area contributed by atoms with Crippen LogP contribution in [0.2, 0.25) is 0 Å². The number of hydrazone groups is 1. The lowest BCUT2D eigenvalue weighted by molar-refractivity contribution is -0.385. The SMILES string of the molecule is O=C(N/N=C/c1ccc(Oc2ccc([N+](=O)[O-])cn2)cc1)c1cc2cc(Br)ccc2o1. The van der Waals surface area contributed by atoms with Gasteiger partial charge in [-0.15, -0.1) is 0 Å². The molecule has 0 aliphatic heterocycles. The van der Waals surface area contributed by atoms with Crippen molar-refractivity contribution in [2.45, 2.75) is 0 Å². The maximum Gasteiger partial charge on any atom is 0.307 e. The quantitative estimate of drug-likeness (QED) is 0.234. The molecule has 2 aromatic carbocycles. The summed E-state index contributed by atoms with van der Waals surface area (Å²) in [6, 6.07) is 16.7. The summed E-state index contributed by atoms with van der Waals surface area (Å²) in [7, 11) is 0. The molecule has 0 radical (unpaired) electrons. The van der Waals surface area contributed by atoms with Gasteiger partial charge in [0.25, 0.3) is 5.69 Å². The van der Waals surface area contributed by atoms with Gasteiger partial charge >= 0.3 is 5.91 Å². The standard InChI is InChI=1S/C21H13BrN4O5/c22-15-3-7-18-14(9-15)10-19(31-18)21(27)25-24-11-13-1-5-17(6-2-13)30-20-8-4-16(12-23-20)26(28)29/h1-12H,(H,25,27)/b24-11+. The number of nitrogens with one attached hydrogen (secondary N) is 1. The van der Waals surface area contributed by atoms with E-state index in [-0.39, 0.29) is 17.3 Å². The lowest BCUT2D eigenvalue weighted by Crippen LogP contribution is -2.16. The molecule has 0 saturated heterocycles. The Labute approximate surface area is 183 Å². The number of nitro groups is 1. The smallest absolute Gasteiger partial charge is 0.307 e. The second-order valence-electron chi connectivity index (χ2n) is 6.27. The van der Waals surface area contributed by atoms with Crippen molar-refractivity contribution < 1.29 is 18.9 Å². The highest BCUT2D eigenvalue weighted by Gasteiger charge is 2.11. The zero-order valence-electron chi connectivity index (χ0n) is 15.7. The number of aromatic nitrogens is 1. The molecule has 31 heavy (non-hydrogen) atoms.